The van der Waals surface area contributed by atoms with E-state index in [9.17, 15) is 13.2 Å². The lowest BCUT2D eigenvalue weighted by atomic mass is 10.0. The van der Waals surface area contributed by atoms with Gasteiger partial charge in [-0.2, -0.15) is 0 Å². The predicted molar refractivity (Wildman–Crippen MR) is 95.2 cm³/mol. The zero-order valence-electron chi connectivity index (χ0n) is 14.8. The first-order chi connectivity index (χ1) is 10.5. The lowest BCUT2D eigenvalue weighted by Crippen LogP contribution is -2.44. The van der Waals surface area contributed by atoms with Crippen LogP contribution in [0.4, 0.5) is 5.69 Å². The second-order valence-corrected chi connectivity index (χ2v) is 8.52. The highest BCUT2D eigenvalue weighted by atomic mass is 32.2. The number of nitrogens with one attached hydrogen (secondary N) is 1. The fraction of sp³-hybridized carbons (Fsp3) is 0.588. The summed E-state index contributed by atoms with van der Waals surface area (Å²) in [5.41, 5.74) is 1.63. The standard InChI is InChI=1S/C17H28N2O3S/c1-12(2)14(5)18-17(20)11-19(23(6,21)22)16-9-7-15(8-10-16)13(3)4/h7-10,12-14H,11H2,1-6H3,(H,18,20). The smallest absolute Gasteiger partial charge is 0.240 e. The average Bonchev–Trinajstić information content (AvgIpc) is 2.43. The molecule has 1 rings (SSSR count). The molecule has 1 aromatic carbocycles. The average molecular weight is 340 g/mol. The highest BCUT2D eigenvalue weighted by molar-refractivity contribution is 7.92. The fourth-order valence-electron chi connectivity index (χ4n) is 2.02. The van der Waals surface area contributed by atoms with E-state index in [4.69, 9.17) is 0 Å². The Labute approximate surface area is 140 Å². The maximum atomic E-state index is 12.1. The molecule has 0 aliphatic rings. The Balaban J connectivity index is 2.96. The minimum atomic E-state index is -3.53. The SMILES string of the molecule is CC(C)c1ccc(N(CC(=O)NC(C)C(C)C)S(C)(=O)=O)cc1. The van der Waals surface area contributed by atoms with E-state index in [1.165, 1.54) is 0 Å². The van der Waals surface area contributed by atoms with Crippen LogP contribution in [0.25, 0.3) is 0 Å². The molecule has 0 heterocycles. The molecule has 0 bridgehead atoms. The van der Waals surface area contributed by atoms with E-state index in [1.807, 2.05) is 32.9 Å². The van der Waals surface area contributed by atoms with Gasteiger partial charge in [0.05, 0.1) is 11.9 Å². The minimum Gasteiger partial charge on any atom is -0.352 e. The molecule has 130 valence electrons. The molecule has 6 heteroatoms. The number of sulfonamides is 1. The van der Waals surface area contributed by atoms with Gasteiger partial charge in [0.15, 0.2) is 0 Å². The fourth-order valence-corrected chi connectivity index (χ4v) is 2.88. The zero-order valence-corrected chi connectivity index (χ0v) is 15.6. The first-order valence-electron chi connectivity index (χ1n) is 7.89. The van der Waals surface area contributed by atoms with Crippen molar-refractivity contribution in [2.75, 3.05) is 17.1 Å². The molecule has 0 spiro atoms. The molecule has 0 saturated carbocycles. The number of benzene rings is 1. The monoisotopic (exact) mass is 340 g/mol. The van der Waals surface area contributed by atoms with Gasteiger partial charge in [-0.25, -0.2) is 8.42 Å². The van der Waals surface area contributed by atoms with Crippen LogP contribution in [0.1, 0.15) is 46.1 Å². The molecule has 1 aromatic rings. The third kappa shape index (κ3) is 5.86. The summed E-state index contributed by atoms with van der Waals surface area (Å²) in [6, 6.07) is 7.28. The number of hydrogen-bond donors (Lipinski definition) is 1. The van der Waals surface area contributed by atoms with Crippen molar-refractivity contribution in [3.8, 4) is 0 Å². The molecule has 0 saturated heterocycles. The topological polar surface area (TPSA) is 66.5 Å². The van der Waals surface area contributed by atoms with Crippen LogP contribution in [0.15, 0.2) is 24.3 Å². The van der Waals surface area contributed by atoms with Gasteiger partial charge in [0.2, 0.25) is 15.9 Å². The van der Waals surface area contributed by atoms with Crippen LogP contribution in [0.2, 0.25) is 0 Å². The van der Waals surface area contributed by atoms with Crippen LogP contribution in [0.5, 0.6) is 0 Å². The maximum Gasteiger partial charge on any atom is 0.240 e. The normalized spacial score (nSPS) is 13.2. The Bertz CT molecular complexity index is 622. The minimum absolute atomic E-state index is 0.00720. The number of carbonyl (C=O) groups is 1. The third-order valence-corrected chi connectivity index (χ3v) is 5.06. The van der Waals surface area contributed by atoms with Gasteiger partial charge in [-0.1, -0.05) is 39.8 Å². The largest absolute Gasteiger partial charge is 0.352 e. The lowest BCUT2D eigenvalue weighted by molar-refractivity contribution is -0.120. The van der Waals surface area contributed by atoms with Crippen molar-refractivity contribution in [1.82, 2.24) is 5.32 Å². The van der Waals surface area contributed by atoms with Gasteiger partial charge in [-0.3, -0.25) is 9.10 Å². The Hall–Kier alpha value is -1.56. The van der Waals surface area contributed by atoms with Gasteiger partial charge >= 0.3 is 0 Å². The van der Waals surface area contributed by atoms with Gasteiger partial charge in [0.1, 0.15) is 6.54 Å². The zero-order chi connectivity index (χ0) is 17.8. The molecule has 23 heavy (non-hydrogen) atoms. The summed E-state index contributed by atoms with van der Waals surface area (Å²) in [5.74, 6) is 0.353. The van der Waals surface area contributed by atoms with Crippen LogP contribution in [0, 0.1) is 5.92 Å². The Morgan fingerprint density at radius 1 is 1.09 bits per heavy atom. The van der Waals surface area contributed by atoms with Gasteiger partial charge in [-0.05, 0) is 36.5 Å². The van der Waals surface area contributed by atoms with Gasteiger partial charge in [0, 0.05) is 6.04 Å². The van der Waals surface area contributed by atoms with E-state index in [0.29, 0.717) is 11.6 Å². The highest BCUT2D eigenvalue weighted by Crippen LogP contribution is 2.21. The quantitative estimate of drug-likeness (QED) is 0.830. The molecule has 0 aromatic heterocycles. The third-order valence-electron chi connectivity index (χ3n) is 3.92. The van der Waals surface area contributed by atoms with E-state index in [-0.39, 0.29) is 24.4 Å². The number of nitrogens with zero attached hydrogens (tertiary/aromatic N) is 1. The second kappa shape index (κ2) is 7.81. The number of amides is 1. The molecule has 1 amide bonds. The molecule has 1 N–H and O–H groups in total. The molecule has 0 fully saturated rings. The number of anilines is 1. The van der Waals surface area contributed by atoms with Crippen LogP contribution >= 0.6 is 0 Å². The first-order valence-corrected chi connectivity index (χ1v) is 9.74. The van der Waals surface area contributed by atoms with Crippen molar-refractivity contribution >= 4 is 21.6 Å². The summed E-state index contributed by atoms with van der Waals surface area (Å²) >= 11 is 0. The number of carbonyl (C=O) groups excluding carboxylic acids is 1. The lowest BCUT2D eigenvalue weighted by Gasteiger charge is -2.24. The van der Waals surface area contributed by atoms with Gasteiger partial charge in [-0.15, -0.1) is 0 Å². The molecule has 1 atom stereocenters. The summed E-state index contributed by atoms with van der Waals surface area (Å²) in [4.78, 5) is 12.1. The summed E-state index contributed by atoms with van der Waals surface area (Å²) in [6.07, 6.45) is 1.11. The molecule has 1 unspecified atom stereocenters. The number of rotatable bonds is 7. The van der Waals surface area contributed by atoms with Gasteiger partial charge < -0.3 is 5.32 Å². The summed E-state index contributed by atoms with van der Waals surface area (Å²) in [5, 5.41) is 2.84. The molecule has 0 aliphatic heterocycles. The van der Waals surface area contributed by atoms with Crippen LogP contribution in [-0.2, 0) is 14.8 Å². The van der Waals surface area contributed by atoms with Crippen molar-refractivity contribution in [1.29, 1.82) is 0 Å². The van der Waals surface area contributed by atoms with Crippen LogP contribution in [0.3, 0.4) is 0 Å². The summed E-state index contributed by atoms with van der Waals surface area (Å²) in [6.45, 7) is 9.85. The van der Waals surface area contributed by atoms with Gasteiger partial charge in [0.25, 0.3) is 0 Å². The number of hydrogen-bond acceptors (Lipinski definition) is 3. The Morgan fingerprint density at radius 3 is 2.00 bits per heavy atom. The van der Waals surface area contributed by atoms with Crippen molar-refractivity contribution in [2.45, 2.75) is 46.6 Å². The van der Waals surface area contributed by atoms with Crippen molar-refractivity contribution < 1.29 is 13.2 Å². The summed E-state index contributed by atoms with van der Waals surface area (Å²) in [7, 11) is -3.53. The van der Waals surface area contributed by atoms with E-state index in [1.54, 1.807) is 12.1 Å². The van der Waals surface area contributed by atoms with Crippen molar-refractivity contribution in [3.05, 3.63) is 29.8 Å². The predicted octanol–water partition coefficient (Wildman–Crippen LogP) is 2.74. The van der Waals surface area contributed by atoms with Crippen LogP contribution < -0.4 is 9.62 Å². The molecular weight excluding hydrogens is 312 g/mol. The van der Waals surface area contributed by atoms with E-state index in [0.717, 1.165) is 16.1 Å². The Morgan fingerprint density at radius 2 is 1.61 bits per heavy atom. The molecular formula is C17H28N2O3S. The molecule has 0 radical (unpaired) electrons. The highest BCUT2D eigenvalue weighted by Gasteiger charge is 2.22. The second-order valence-electron chi connectivity index (χ2n) is 6.62. The molecule has 5 nitrogen and oxygen atoms in total. The summed E-state index contributed by atoms with van der Waals surface area (Å²) < 4.78 is 25.2. The van der Waals surface area contributed by atoms with Crippen molar-refractivity contribution in [3.63, 3.8) is 0 Å². The van der Waals surface area contributed by atoms with Crippen LogP contribution in [-0.4, -0.2) is 33.2 Å². The van der Waals surface area contributed by atoms with E-state index in [2.05, 4.69) is 19.2 Å². The first kappa shape index (κ1) is 19.5. The molecule has 0 aliphatic carbocycles. The maximum absolute atomic E-state index is 12.1. The van der Waals surface area contributed by atoms with Crippen molar-refractivity contribution in [2.24, 2.45) is 5.92 Å². The Kier molecular flexibility index (Phi) is 6.62. The van der Waals surface area contributed by atoms with E-state index < -0.39 is 10.0 Å². The van der Waals surface area contributed by atoms with E-state index >= 15 is 0 Å².